The molecule has 9 unspecified atom stereocenters. The van der Waals surface area contributed by atoms with Gasteiger partial charge in [0.05, 0.1) is 17.9 Å². The molecule has 0 amide bonds. The van der Waals surface area contributed by atoms with Crippen LogP contribution in [0.3, 0.4) is 0 Å². The Balaban J connectivity index is 0.00000560. The number of rotatable bonds is 9. The van der Waals surface area contributed by atoms with Gasteiger partial charge in [-0.2, -0.15) is 0 Å². The largest absolute Gasteiger partial charge is 1.00 e. The maximum absolute atomic E-state index is 11.8. The molecule has 0 radical (unpaired) electrons. The summed E-state index contributed by atoms with van der Waals surface area (Å²) in [5.41, 5.74) is 0. The van der Waals surface area contributed by atoms with Crippen LogP contribution in [0.5, 0.6) is 0 Å². The average molecular weight is 640 g/mol. The number of aliphatic hydroxyl groups excluding tert-OH is 6. The summed E-state index contributed by atoms with van der Waals surface area (Å²) in [7, 11) is 2.02. The predicted octanol–water partition coefficient (Wildman–Crippen LogP) is -19.0. The molecule has 15 atom stereocenters. The minimum absolute atomic E-state index is 0. The van der Waals surface area contributed by atoms with Crippen molar-refractivity contribution in [3.05, 3.63) is 0 Å². The summed E-state index contributed by atoms with van der Waals surface area (Å²) < 4.78 is 34.9. The van der Waals surface area contributed by atoms with Gasteiger partial charge >= 0.3 is 88.7 Å². The minimum Gasteiger partial charge on any atom is -0.547 e. The number of aliphatic carboxylic acids is 3. The van der Waals surface area contributed by atoms with E-state index in [9.17, 15) is 60.3 Å². The molecule has 22 heteroatoms. The molecule has 42 heavy (non-hydrogen) atoms. The first-order valence-corrected chi connectivity index (χ1v) is 11.3. The standard InChI is InChI=1S/C20H30O19.3Na/c1-33-9-3(21)7(25)19(38-12(9)15(27)28)36-11-5(23)8(26)20(39-14(11)17(31)32)35-10-4(22)6(24)18(34-2)37-13(10)16(29)30;;;/h3-14,18-26H,1-2H3,(H,27,28)(H,29,30)(H,31,32);;;/q;3*+1/p-3/t3-,4?,5?,6?,7?,8+,9-,10?,11+,12?,13?,14?,18?,19-,20+;;;/m1.../s1. The average Bonchev–Trinajstić information content (AvgIpc) is 2.88. The molecule has 3 rings (SSSR count). The molecule has 3 heterocycles. The van der Waals surface area contributed by atoms with Crippen molar-refractivity contribution in [3.8, 4) is 0 Å². The maximum Gasteiger partial charge on any atom is 1.00 e. The van der Waals surface area contributed by atoms with Gasteiger partial charge in [-0.3, -0.25) is 0 Å². The third kappa shape index (κ3) is 9.03. The summed E-state index contributed by atoms with van der Waals surface area (Å²) in [5, 5.41) is 96.8. The molecule has 3 aliphatic rings. The van der Waals surface area contributed by atoms with Gasteiger partial charge in [-0.1, -0.05) is 0 Å². The molecule has 3 aliphatic heterocycles. The Morgan fingerprint density at radius 3 is 1.10 bits per heavy atom. The van der Waals surface area contributed by atoms with Crippen molar-refractivity contribution in [1.82, 2.24) is 0 Å². The number of carboxylic acid groups (broad SMARTS) is 3. The first-order chi connectivity index (χ1) is 18.2. The fraction of sp³-hybridized carbons (Fsp3) is 0.850. The van der Waals surface area contributed by atoms with E-state index in [2.05, 4.69) is 0 Å². The van der Waals surface area contributed by atoms with Crippen molar-refractivity contribution in [1.29, 1.82) is 0 Å². The SMILES string of the molecule is COC1OC(C(=O)[O-])C(O[C@H]2OC(C(=O)[O-])[C@@H](O[C@@H]3OC(C(=O)[O-])[C@H](OC)[C@H](O)C3O)C(O)[C@@H]2O)C(O)C1O.[Na+].[Na+].[Na+]. The van der Waals surface area contributed by atoms with E-state index in [1.165, 1.54) is 0 Å². The quantitative estimate of drug-likeness (QED) is 0.127. The zero-order valence-electron chi connectivity index (χ0n) is 23.2. The monoisotopic (exact) mass is 640 g/mol. The molecule has 0 saturated carbocycles. The Bertz CT molecular complexity index is 901. The molecule has 0 aromatic heterocycles. The van der Waals surface area contributed by atoms with E-state index in [-0.39, 0.29) is 88.7 Å². The van der Waals surface area contributed by atoms with Crippen LogP contribution in [0, 0.1) is 0 Å². The number of hydrogen-bond donors (Lipinski definition) is 6. The number of carbonyl (C=O) groups excluding carboxylic acids is 3. The molecular formula is C20H27Na3O19. The Morgan fingerprint density at radius 1 is 0.500 bits per heavy atom. The second-order valence-electron chi connectivity index (χ2n) is 8.81. The third-order valence-corrected chi connectivity index (χ3v) is 6.42. The summed E-state index contributed by atoms with van der Waals surface area (Å²) in [6.45, 7) is 0. The van der Waals surface area contributed by atoms with E-state index in [1.807, 2.05) is 0 Å². The van der Waals surface area contributed by atoms with Gasteiger partial charge in [-0.15, -0.1) is 0 Å². The number of ether oxygens (including phenoxy) is 7. The number of carboxylic acids is 3. The van der Waals surface area contributed by atoms with Gasteiger partial charge in [0.1, 0.15) is 73.2 Å². The van der Waals surface area contributed by atoms with Crippen molar-refractivity contribution in [2.24, 2.45) is 0 Å². The van der Waals surface area contributed by atoms with Gasteiger partial charge in [-0.25, -0.2) is 0 Å². The zero-order chi connectivity index (χ0) is 29.3. The normalized spacial score (nSPS) is 43.6. The summed E-state index contributed by atoms with van der Waals surface area (Å²) in [6.07, 6.45) is -31.0. The van der Waals surface area contributed by atoms with Crippen molar-refractivity contribution in [3.63, 3.8) is 0 Å². The second kappa shape index (κ2) is 18.3. The fourth-order valence-corrected chi connectivity index (χ4v) is 4.38. The van der Waals surface area contributed by atoms with Crippen LogP contribution in [0.4, 0.5) is 0 Å². The van der Waals surface area contributed by atoms with Crippen molar-refractivity contribution in [2.45, 2.75) is 92.1 Å². The van der Waals surface area contributed by atoms with E-state index in [4.69, 9.17) is 33.2 Å². The van der Waals surface area contributed by atoms with Crippen LogP contribution in [-0.4, -0.2) is 155 Å². The molecule has 3 fully saturated rings. The summed E-state index contributed by atoms with van der Waals surface area (Å²) in [4.78, 5) is 34.7. The Morgan fingerprint density at radius 2 is 0.786 bits per heavy atom. The van der Waals surface area contributed by atoms with Crippen molar-refractivity contribution >= 4 is 17.9 Å². The van der Waals surface area contributed by atoms with Crippen LogP contribution in [0.2, 0.25) is 0 Å². The number of aliphatic hydroxyl groups is 6. The van der Waals surface area contributed by atoms with Gasteiger partial charge in [0.25, 0.3) is 0 Å². The Kier molecular flexibility index (Phi) is 18.7. The van der Waals surface area contributed by atoms with Crippen LogP contribution in [0.15, 0.2) is 0 Å². The Labute approximate surface area is 303 Å². The van der Waals surface area contributed by atoms with Crippen molar-refractivity contribution in [2.75, 3.05) is 14.2 Å². The smallest absolute Gasteiger partial charge is 0.547 e. The Hall–Kier alpha value is 0.890. The molecule has 0 aromatic rings. The van der Waals surface area contributed by atoms with E-state index in [1.54, 1.807) is 0 Å². The number of hydrogen-bond acceptors (Lipinski definition) is 19. The summed E-state index contributed by atoms with van der Waals surface area (Å²) in [6, 6.07) is 0. The predicted molar refractivity (Wildman–Crippen MR) is 105 cm³/mol. The third-order valence-electron chi connectivity index (χ3n) is 6.42. The maximum atomic E-state index is 11.8. The van der Waals surface area contributed by atoms with E-state index < -0.39 is 110 Å². The van der Waals surface area contributed by atoms with E-state index >= 15 is 0 Å². The first-order valence-electron chi connectivity index (χ1n) is 11.3. The molecule has 224 valence electrons. The minimum atomic E-state index is -2.37. The van der Waals surface area contributed by atoms with Gasteiger partial charge in [0.15, 0.2) is 18.9 Å². The molecule has 19 nitrogen and oxygen atoms in total. The van der Waals surface area contributed by atoms with E-state index in [0.29, 0.717) is 0 Å². The number of carbonyl (C=O) groups is 3. The molecular weight excluding hydrogens is 613 g/mol. The van der Waals surface area contributed by atoms with Crippen LogP contribution in [0.1, 0.15) is 0 Å². The van der Waals surface area contributed by atoms with Crippen LogP contribution in [0.25, 0.3) is 0 Å². The van der Waals surface area contributed by atoms with Crippen LogP contribution in [-0.2, 0) is 47.5 Å². The first kappa shape index (κ1) is 42.9. The molecule has 0 spiro atoms. The van der Waals surface area contributed by atoms with Crippen LogP contribution >= 0.6 is 0 Å². The van der Waals surface area contributed by atoms with Gasteiger partial charge in [-0.05, 0) is 0 Å². The van der Waals surface area contributed by atoms with Gasteiger partial charge in [0.2, 0.25) is 0 Å². The molecule has 0 bridgehead atoms. The molecule has 3 saturated heterocycles. The van der Waals surface area contributed by atoms with Crippen molar-refractivity contribution < 1.29 is 182 Å². The van der Waals surface area contributed by atoms with Crippen LogP contribution < -0.4 is 104 Å². The van der Waals surface area contributed by atoms with Gasteiger partial charge < -0.3 is 93.5 Å². The topological polar surface area (TPSA) is 306 Å². The molecule has 6 N–H and O–H groups in total. The summed E-state index contributed by atoms with van der Waals surface area (Å²) >= 11 is 0. The zero-order valence-corrected chi connectivity index (χ0v) is 29.2. The fourth-order valence-electron chi connectivity index (χ4n) is 4.38. The summed E-state index contributed by atoms with van der Waals surface area (Å²) in [5.74, 6) is -5.97. The molecule has 0 aromatic carbocycles. The molecule has 0 aliphatic carbocycles. The van der Waals surface area contributed by atoms with E-state index in [0.717, 1.165) is 14.2 Å². The second-order valence-corrected chi connectivity index (χ2v) is 8.81. The number of methoxy groups -OCH3 is 2. The van der Waals surface area contributed by atoms with Gasteiger partial charge in [0, 0.05) is 14.2 Å².